The van der Waals surface area contributed by atoms with E-state index in [0.29, 0.717) is 12.0 Å². The molecular weight excluding hydrogens is 262 g/mol. The molecule has 20 heavy (non-hydrogen) atoms. The van der Waals surface area contributed by atoms with E-state index in [-0.39, 0.29) is 17.3 Å². The second-order valence-corrected chi connectivity index (χ2v) is 5.70. The van der Waals surface area contributed by atoms with Gasteiger partial charge in [0.05, 0.1) is 11.3 Å². The molecule has 0 spiro atoms. The zero-order valence-electron chi connectivity index (χ0n) is 11.8. The lowest BCUT2D eigenvalue weighted by Crippen LogP contribution is -2.40. The summed E-state index contributed by atoms with van der Waals surface area (Å²) < 4.78 is 26.9. The molecule has 1 amide bonds. The van der Waals surface area contributed by atoms with Crippen molar-refractivity contribution in [3.63, 3.8) is 0 Å². The van der Waals surface area contributed by atoms with Crippen LogP contribution >= 0.6 is 0 Å². The van der Waals surface area contributed by atoms with Crippen LogP contribution in [0.15, 0.2) is 12.1 Å². The van der Waals surface area contributed by atoms with Crippen LogP contribution in [-0.4, -0.2) is 23.9 Å². The molecule has 110 valence electrons. The number of anilines is 1. The Hall–Kier alpha value is -1.65. The third kappa shape index (κ3) is 2.92. The smallest absolute Gasteiger partial charge is 0.256 e. The first-order chi connectivity index (χ1) is 9.40. The summed E-state index contributed by atoms with van der Waals surface area (Å²) in [6.07, 6.45) is 4.07. The van der Waals surface area contributed by atoms with E-state index >= 15 is 0 Å². The zero-order valence-corrected chi connectivity index (χ0v) is 11.8. The molecule has 0 saturated heterocycles. The van der Waals surface area contributed by atoms with Crippen LogP contribution in [0, 0.1) is 17.6 Å². The number of halogens is 2. The highest BCUT2D eigenvalue weighted by atomic mass is 19.1. The topological polar surface area (TPSA) is 46.3 Å². The number of carbonyl (C=O) groups excluding carboxylic acids is 1. The molecule has 1 aromatic carbocycles. The van der Waals surface area contributed by atoms with Gasteiger partial charge in [0.15, 0.2) is 0 Å². The highest BCUT2D eigenvalue weighted by Crippen LogP contribution is 2.28. The van der Waals surface area contributed by atoms with Gasteiger partial charge in [0, 0.05) is 19.2 Å². The van der Waals surface area contributed by atoms with E-state index in [1.807, 2.05) is 0 Å². The Labute approximate surface area is 117 Å². The van der Waals surface area contributed by atoms with Crippen molar-refractivity contribution in [1.29, 1.82) is 0 Å². The Morgan fingerprint density at radius 3 is 2.65 bits per heavy atom. The lowest BCUT2D eigenvalue weighted by molar-refractivity contribution is 0.0667. The monoisotopic (exact) mass is 282 g/mol. The van der Waals surface area contributed by atoms with Gasteiger partial charge >= 0.3 is 0 Å². The van der Waals surface area contributed by atoms with Crippen LogP contribution < -0.4 is 5.73 Å². The third-order valence-electron chi connectivity index (χ3n) is 4.09. The predicted molar refractivity (Wildman–Crippen MR) is 74.3 cm³/mol. The minimum Gasteiger partial charge on any atom is -0.396 e. The molecule has 0 aliphatic heterocycles. The number of nitrogen functional groups attached to an aromatic ring is 1. The predicted octanol–water partition coefficient (Wildman–Crippen LogP) is 3.20. The van der Waals surface area contributed by atoms with Crippen LogP contribution in [0.1, 0.15) is 43.0 Å². The van der Waals surface area contributed by atoms with Crippen LogP contribution in [0.2, 0.25) is 0 Å². The van der Waals surface area contributed by atoms with E-state index in [4.69, 9.17) is 5.73 Å². The molecule has 2 unspecified atom stereocenters. The number of benzene rings is 1. The Kier molecular flexibility index (Phi) is 4.26. The molecule has 5 heteroatoms. The van der Waals surface area contributed by atoms with Gasteiger partial charge in [-0.1, -0.05) is 19.8 Å². The van der Waals surface area contributed by atoms with Crippen LogP contribution in [-0.2, 0) is 0 Å². The van der Waals surface area contributed by atoms with Crippen molar-refractivity contribution in [3.05, 3.63) is 29.3 Å². The molecule has 0 heterocycles. The first kappa shape index (κ1) is 14.8. The summed E-state index contributed by atoms with van der Waals surface area (Å²) in [6.45, 7) is 2.15. The molecule has 3 nitrogen and oxygen atoms in total. The molecule has 0 aromatic heterocycles. The number of carbonyl (C=O) groups is 1. The molecule has 1 aliphatic rings. The highest BCUT2D eigenvalue weighted by molar-refractivity contribution is 5.95. The Morgan fingerprint density at radius 1 is 1.30 bits per heavy atom. The molecule has 2 atom stereocenters. The van der Waals surface area contributed by atoms with Crippen molar-refractivity contribution in [3.8, 4) is 0 Å². The fourth-order valence-corrected chi connectivity index (χ4v) is 2.84. The minimum atomic E-state index is -0.864. The Balaban J connectivity index is 2.20. The lowest BCUT2D eigenvalue weighted by atomic mass is 9.86. The average molecular weight is 282 g/mol. The van der Waals surface area contributed by atoms with Crippen LogP contribution in [0.5, 0.6) is 0 Å². The summed E-state index contributed by atoms with van der Waals surface area (Å²) in [7, 11) is 1.67. The van der Waals surface area contributed by atoms with Gasteiger partial charge < -0.3 is 10.6 Å². The second kappa shape index (κ2) is 5.77. The van der Waals surface area contributed by atoms with E-state index in [2.05, 4.69) is 6.92 Å². The molecule has 2 rings (SSSR count). The van der Waals surface area contributed by atoms with Gasteiger partial charge in [0.2, 0.25) is 0 Å². The van der Waals surface area contributed by atoms with Gasteiger partial charge in [-0.3, -0.25) is 4.79 Å². The average Bonchev–Trinajstić information content (AvgIpc) is 2.41. The first-order valence-corrected chi connectivity index (χ1v) is 6.91. The van der Waals surface area contributed by atoms with Crippen LogP contribution in [0.25, 0.3) is 0 Å². The maximum absolute atomic E-state index is 13.7. The normalized spacial score (nSPS) is 22.6. The van der Waals surface area contributed by atoms with Gasteiger partial charge in [0.25, 0.3) is 5.91 Å². The van der Waals surface area contributed by atoms with Crippen molar-refractivity contribution in [2.45, 2.75) is 38.6 Å². The molecule has 0 radical (unpaired) electrons. The maximum Gasteiger partial charge on any atom is 0.256 e. The molecule has 1 aromatic rings. The van der Waals surface area contributed by atoms with Gasteiger partial charge in [-0.2, -0.15) is 0 Å². The molecule has 0 bridgehead atoms. The fraction of sp³-hybridized carbons (Fsp3) is 0.533. The molecule has 1 aliphatic carbocycles. The SMILES string of the molecule is CC1CCCC(N(C)C(=O)c2cc(N)c(F)cc2F)C1. The summed E-state index contributed by atoms with van der Waals surface area (Å²) in [5, 5.41) is 0. The summed E-state index contributed by atoms with van der Waals surface area (Å²) in [5.74, 6) is -1.58. The number of hydrogen-bond donors (Lipinski definition) is 1. The van der Waals surface area contributed by atoms with Crippen LogP contribution in [0.4, 0.5) is 14.5 Å². The summed E-state index contributed by atoms with van der Waals surface area (Å²) in [5.41, 5.74) is 5.05. The second-order valence-electron chi connectivity index (χ2n) is 5.70. The van der Waals surface area contributed by atoms with Gasteiger partial charge in [0.1, 0.15) is 11.6 Å². The molecular formula is C15H20F2N2O. The quantitative estimate of drug-likeness (QED) is 0.847. The zero-order chi connectivity index (χ0) is 14.9. The standard InChI is InChI=1S/C15H20F2N2O/c1-9-4-3-5-10(6-9)19(2)15(20)11-7-14(18)13(17)8-12(11)16/h7-10H,3-6,18H2,1-2H3. The number of nitrogens with two attached hydrogens (primary N) is 1. The minimum absolute atomic E-state index is 0.108. The number of hydrogen-bond acceptors (Lipinski definition) is 2. The number of amides is 1. The highest BCUT2D eigenvalue weighted by Gasteiger charge is 2.27. The van der Waals surface area contributed by atoms with E-state index in [1.165, 1.54) is 0 Å². The van der Waals surface area contributed by atoms with Crippen molar-refractivity contribution in [2.75, 3.05) is 12.8 Å². The number of rotatable bonds is 2. The van der Waals surface area contributed by atoms with Gasteiger partial charge in [-0.15, -0.1) is 0 Å². The lowest BCUT2D eigenvalue weighted by Gasteiger charge is -2.34. The molecule has 1 fully saturated rings. The van der Waals surface area contributed by atoms with Gasteiger partial charge in [-0.05, 0) is 24.8 Å². The fourth-order valence-electron chi connectivity index (χ4n) is 2.84. The van der Waals surface area contributed by atoms with E-state index in [1.54, 1.807) is 11.9 Å². The number of nitrogens with zero attached hydrogens (tertiary/aromatic N) is 1. The van der Waals surface area contributed by atoms with E-state index in [9.17, 15) is 13.6 Å². The van der Waals surface area contributed by atoms with E-state index < -0.39 is 17.5 Å². The molecule has 1 saturated carbocycles. The first-order valence-electron chi connectivity index (χ1n) is 6.91. The Morgan fingerprint density at radius 2 is 2.00 bits per heavy atom. The van der Waals surface area contributed by atoms with Crippen LogP contribution in [0.3, 0.4) is 0 Å². The van der Waals surface area contributed by atoms with Crippen molar-refractivity contribution >= 4 is 11.6 Å². The third-order valence-corrected chi connectivity index (χ3v) is 4.09. The summed E-state index contributed by atoms with van der Waals surface area (Å²) >= 11 is 0. The Bertz CT molecular complexity index is 519. The summed E-state index contributed by atoms with van der Waals surface area (Å²) in [6, 6.07) is 1.85. The van der Waals surface area contributed by atoms with E-state index in [0.717, 1.165) is 31.7 Å². The largest absolute Gasteiger partial charge is 0.396 e. The van der Waals surface area contributed by atoms with Crippen molar-refractivity contribution in [2.24, 2.45) is 5.92 Å². The van der Waals surface area contributed by atoms with Crippen molar-refractivity contribution in [1.82, 2.24) is 4.90 Å². The molecule has 2 N–H and O–H groups in total. The maximum atomic E-state index is 13.7. The summed E-state index contributed by atoms with van der Waals surface area (Å²) in [4.78, 5) is 13.9. The van der Waals surface area contributed by atoms with Gasteiger partial charge in [-0.25, -0.2) is 8.78 Å². The van der Waals surface area contributed by atoms with Crippen molar-refractivity contribution < 1.29 is 13.6 Å².